The zero-order valence-corrected chi connectivity index (χ0v) is 12.6. The van der Waals surface area contributed by atoms with Gasteiger partial charge >= 0.3 is 0 Å². The Labute approximate surface area is 121 Å². The summed E-state index contributed by atoms with van der Waals surface area (Å²) in [5.41, 5.74) is 4.97. The van der Waals surface area contributed by atoms with E-state index in [4.69, 9.17) is 0 Å². The number of fused-ring (bicyclic) bond motifs is 1. The number of thiazole rings is 1. The molecule has 1 aromatic carbocycles. The van der Waals surface area contributed by atoms with E-state index in [0.29, 0.717) is 5.69 Å². The van der Waals surface area contributed by atoms with Gasteiger partial charge in [-0.3, -0.25) is 9.20 Å². The Morgan fingerprint density at radius 1 is 1.25 bits per heavy atom. The smallest absolute Gasteiger partial charge is 0.195 e. The molecule has 0 saturated carbocycles. The zero-order valence-electron chi connectivity index (χ0n) is 11.8. The fourth-order valence-electron chi connectivity index (χ4n) is 2.51. The van der Waals surface area contributed by atoms with Crippen LogP contribution in [0.3, 0.4) is 0 Å². The van der Waals surface area contributed by atoms with Gasteiger partial charge in [0.05, 0.1) is 11.4 Å². The van der Waals surface area contributed by atoms with Crippen molar-refractivity contribution in [3.63, 3.8) is 0 Å². The molecule has 0 bridgehead atoms. The molecule has 0 aliphatic rings. The lowest BCUT2D eigenvalue weighted by Gasteiger charge is -2.05. The van der Waals surface area contributed by atoms with Gasteiger partial charge in [0.1, 0.15) is 5.69 Å². The van der Waals surface area contributed by atoms with Crippen molar-refractivity contribution >= 4 is 22.6 Å². The number of carbonyl (C=O) groups is 1. The highest BCUT2D eigenvalue weighted by atomic mass is 32.1. The van der Waals surface area contributed by atoms with Gasteiger partial charge in [0.25, 0.3) is 0 Å². The molecular weight excluding hydrogens is 268 g/mol. The highest BCUT2D eigenvalue weighted by molar-refractivity contribution is 7.17. The van der Waals surface area contributed by atoms with Crippen molar-refractivity contribution in [2.75, 3.05) is 0 Å². The summed E-state index contributed by atoms with van der Waals surface area (Å²) < 4.78 is 1.98. The van der Waals surface area contributed by atoms with Crippen LogP contribution in [0.5, 0.6) is 0 Å². The quantitative estimate of drug-likeness (QED) is 0.680. The Bertz CT molecular complexity index is 781. The maximum Gasteiger partial charge on any atom is 0.195 e. The number of aromatic nitrogens is 2. The lowest BCUT2D eigenvalue weighted by molar-refractivity contribution is 0.111. The van der Waals surface area contributed by atoms with Crippen LogP contribution in [-0.4, -0.2) is 15.7 Å². The molecule has 0 N–H and O–H groups in total. The summed E-state index contributed by atoms with van der Waals surface area (Å²) in [6, 6.07) is 8.53. The van der Waals surface area contributed by atoms with Gasteiger partial charge in [-0.25, -0.2) is 4.98 Å². The van der Waals surface area contributed by atoms with Gasteiger partial charge in [-0.2, -0.15) is 0 Å². The van der Waals surface area contributed by atoms with E-state index < -0.39 is 0 Å². The number of benzene rings is 1. The van der Waals surface area contributed by atoms with E-state index in [-0.39, 0.29) is 0 Å². The Kier molecular flexibility index (Phi) is 3.18. The van der Waals surface area contributed by atoms with Crippen LogP contribution in [0.4, 0.5) is 0 Å². The van der Waals surface area contributed by atoms with Gasteiger partial charge in [-0.05, 0) is 31.4 Å². The monoisotopic (exact) mass is 284 g/mol. The third-order valence-corrected chi connectivity index (χ3v) is 4.57. The van der Waals surface area contributed by atoms with Crippen LogP contribution < -0.4 is 0 Å². The molecule has 0 unspecified atom stereocenters. The van der Waals surface area contributed by atoms with Crippen LogP contribution in [0, 0.1) is 13.8 Å². The third-order valence-electron chi connectivity index (χ3n) is 3.61. The molecule has 3 rings (SSSR count). The summed E-state index contributed by atoms with van der Waals surface area (Å²) in [6.07, 6.45) is 1.92. The Hall–Kier alpha value is -1.94. The second-order valence-electron chi connectivity index (χ2n) is 4.88. The molecule has 0 radical (unpaired) electrons. The molecule has 0 saturated heterocycles. The summed E-state index contributed by atoms with van der Waals surface area (Å²) in [5.74, 6) is 0. The molecular formula is C16H16N2OS. The first kappa shape index (κ1) is 13.1. The number of hydrogen-bond acceptors (Lipinski definition) is 3. The van der Waals surface area contributed by atoms with E-state index in [0.717, 1.165) is 34.6 Å². The number of rotatable bonds is 3. The van der Waals surface area contributed by atoms with E-state index in [1.165, 1.54) is 10.4 Å². The molecule has 3 nitrogen and oxygen atoms in total. The molecule has 0 fully saturated rings. The first-order valence-corrected chi connectivity index (χ1v) is 7.50. The summed E-state index contributed by atoms with van der Waals surface area (Å²) in [7, 11) is 0. The van der Waals surface area contributed by atoms with Crippen LogP contribution in [0.15, 0.2) is 24.3 Å². The number of aryl methyl sites for hydroxylation is 3. The van der Waals surface area contributed by atoms with Crippen molar-refractivity contribution in [2.45, 2.75) is 27.2 Å². The molecule has 20 heavy (non-hydrogen) atoms. The maximum absolute atomic E-state index is 11.3. The van der Waals surface area contributed by atoms with Gasteiger partial charge in [0, 0.05) is 4.88 Å². The first-order chi connectivity index (χ1) is 9.65. The van der Waals surface area contributed by atoms with Gasteiger partial charge in [-0.15, -0.1) is 11.3 Å². The van der Waals surface area contributed by atoms with E-state index in [1.807, 2.05) is 11.3 Å². The predicted molar refractivity (Wildman–Crippen MR) is 82.7 cm³/mol. The topological polar surface area (TPSA) is 34.4 Å². The van der Waals surface area contributed by atoms with E-state index in [9.17, 15) is 4.79 Å². The van der Waals surface area contributed by atoms with Crippen molar-refractivity contribution in [3.8, 4) is 11.3 Å². The maximum atomic E-state index is 11.3. The van der Waals surface area contributed by atoms with Crippen LogP contribution in [0.1, 0.15) is 33.5 Å². The summed E-state index contributed by atoms with van der Waals surface area (Å²) in [5, 5.41) is 0. The minimum absolute atomic E-state index is 0.652. The highest BCUT2D eigenvalue weighted by Crippen LogP contribution is 2.33. The van der Waals surface area contributed by atoms with Crippen molar-refractivity contribution in [3.05, 3.63) is 46.1 Å². The third kappa shape index (κ3) is 1.88. The standard InChI is InChI=1S/C16H16N2OS/c1-4-12-5-7-13(8-6-12)15-11(3)20-16-17-10(2)14(9-19)18(15)16/h5-9H,4H2,1-3H3. The first-order valence-electron chi connectivity index (χ1n) is 6.68. The molecule has 4 heteroatoms. The molecule has 102 valence electrons. The Morgan fingerprint density at radius 2 is 1.95 bits per heavy atom. The normalized spacial score (nSPS) is 11.2. The van der Waals surface area contributed by atoms with Crippen LogP contribution in [0.2, 0.25) is 0 Å². The lowest BCUT2D eigenvalue weighted by atomic mass is 10.1. The molecule has 2 aromatic heterocycles. The second kappa shape index (κ2) is 4.87. The minimum atomic E-state index is 0.652. The predicted octanol–water partition coefficient (Wildman–Crippen LogP) is 4.05. The molecule has 3 aromatic rings. The Balaban J connectivity index is 2.28. The SMILES string of the molecule is CCc1ccc(-c2c(C)sc3nc(C)c(C=O)n23)cc1. The largest absolute Gasteiger partial charge is 0.296 e. The molecule has 0 aliphatic heterocycles. The fourth-order valence-corrected chi connectivity index (χ4v) is 3.55. The number of hydrogen-bond donors (Lipinski definition) is 0. The molecule has 0 aliphatic carbocycles. The average Bonchev–Trinajstić information content (AvgIpc) is 2.91. The lowest BCUT2D eigenvalue weighted by Crippen LogP contribution is -1.95. The van der Waals surface area contributed by atoms with Crippen LogP contribution >= 0.6 is 11.3 Å². The number of aldehydes is 1. The molecule has 0 atom stereocenters. The van der Waals surface area contributed by atoms with Gasteiger partial charge in [0.2, 0.25) is 0 Å². The van der Waals surface area contributed by atoms with E-state index in [1.54, 1.807) is 11.3 Å². The second-order valence-corrected chi connectivity index (χ2v) is 6.06. The summed E-state index contributed by atoms with van der Waals surface area (Å²) in [6.45, 7) is 6.10. The highest BCUT2D eigenvalue weighted by Gasteiger charge is 2.17. The van der Waals surface area contributed by atoms with Gasteiger partial charge in [-0.1, -0.05) is 31.2 Å². The number of carbonyl (C=O) groups excluding carboxylic acids is 1. The van der Waals surface area contributed by atoms with E-state index >= 15 is 0 Å². The molecule has 2 heterocycles. The number of imidazole rings is 1. The fraction of sp³-hybridized carbons (Fsp3) is 0.250. The van der Waals surface area contributed by atoms with Crippen molar-refractivity contribution in [2.24, 2.45) is 0 Å². The van der Waals surface area contributed by atoms with Crippen LogP contribution in [0.25, 0.3) is 16.2 Å². The summed E-state index contributed by atoms with van der Waals surface area (Å²) in [4.78, 5) is 17.9. The molecule has 0 amide bonds. The minimum Gasteiger partial charge on any atom is -0.296 e. The van der Waals surface area contributed by atoms with Crippen molar-refractivity contribution < 1.29 is 4.79 Å². The van der Waals surface area contributed by atoms with Crippen molar-refractivity contribution in [1.29, 1.82) is 0 Å². The molecule has 0 spiro atoms. The van der Waals surface area contributed by atoms with Gasteiger partial charge < -0.3 is 0 Å². The zero-order chi connectivity index (χ0) is 14.3. The van der Waals surface area contributed by atoms with E-state index in [2.05, 4.69) is 43.1 Å². The van der Waals surface area contributed by atoms with Crippen LogP contribution in [-0.2, 0) is 6.42 Å². The van der Waals surface area contributed by atoms with Crippen molar-refractivity contribution in [1.82, 2.24) is 9.38 Å². The Morgan fingerprint density at radius 3 is 2.55 bits per heavy atom. The average molecular weight is 284 g/mol. The van der Waals surface area contributed by atoms with Gasteiger partial charge in [0.15, 0.2) is 11.2 Å². The number of nitrogens with zero attached hydrogens (tertiary/aromatic N) is 2. The summed E-state index contributed by atoms with van der Waals surface area (Å²) >= 11 is 1.63.